The lowest BCUT2D eigenvalue weighted by Crippen LogP contribution is -2.24. The number of benzene rings is 2. The van der Waals surface area contributed by atoms with Gasteiger partial charge in [0.1, 0.15) is 5.75 Å². The third-order valence-electron chi connectivity index (χ3n) is 3.35. The van der Waals surface area contributed by atoms with Crippen molar-refractivity contribution in [2.24, 2.45) is 0 Å². The number of urea groups is 1. The molecule has 0 aromatic heterocycles. The van der Waals surface area contributed by atoms with Gasteiger partial charge < -0.3 is 20.7 Å². The van der Waals surface area contributed by atoms with Gasteiger partial charge in [-0.2, -0.15) is 0 Å². The Morgan fingerprint density at radius 3 is 2.44 bits per heavy atom. The summed E-state index contributed by atoms with van der Waals surface area (Å²) in [6.07, 6.45) is 0.874. The molecular weight excluding hydrogens is 342 g/mol. The number of carbonyl (C=O) groups is 2. The second-order valence-electron chi connectivity index (χ2n) is 5.26. The van der Waals surface area contributed by atoms with Gasteiger partial charge in [0.05, 0.1) is 12.8 Å². The van der Waals surface area contributed by atoms with E-state index in [0.717, 1.165) is 6.42 Å². The van der Waals surface area contributed by atoms with Crippen molar-refractivity contribution in [2.75, 3.05) is 24.3 Å². The molecule has 0 aliphatic rings. The van der Waals surface area contributed by atoms with Gasteiger partial charge in [-0.05, 0) is 48.9 Å². The SMILES string of the molecule is CCCNC(=O)c1ccc(NC(=O)Nc2cc(Cl)ccc2OC)cc1. The molecule has 0 bridgehead atoms. The Kier molecular flexibility index (Phi) is 6.65. The number of hydrogen-bond donors (Lipinski definition) is 3. The van der Waals surface area contributed by atoms with Crippen LogP contribution in [0, 0.1) is 0 Å². The monoisotopic (exact) mass is 361 g/mol. The van der Waals surface area contributed by atoms with E-state index in [2.05, 4.69) is 16.0 Å². The van der Waals surface area contributed by atoms with E-state index in [0.29, 0.717) is 34.3 Å². The van der Waals surface area contributed by atoms with Crippen LogP contribution < -0.4 is 20.7 Å². The summed E-state index contributed by atoms with van der Waals surface area (Å²) in [7, 11) is 1.51. The topological polar surface area (TPSA) is 79.5 Å². The molecule has 3 amide bonds. The fourth-order valence-corrected chi connectivity index (χ4v) is 2.28. The van der Waals surface area contributed by atoms with Crippen molar-refractivity contribution in [3.8, 4) is 5.75 Å². The molecule has 0 fully saturated rings. The molecule has 0 atom stereocenters. The molecule has 0 unspecified atom stereocenters. The molecule has 132 valence electrons. The number of carbonyl (C=O) groups excluding carboxylic acids is 2. The van der Waals surface area contributed by atoms with E-state index >= 15 is 0 Å². The van der Waals surface area contributed by atoms with Crippen LogP contribution in [0.15, 0.2) is 42.5 Å². The van der Waals surface area contributed by atoms with Crippen LogP contribution in [0.1, 0.15) is 23.7 Å². The molecule has 0 aliphatic carbocycles. The van der Waals surface area contributed by atoms with Crippen LogP contribution in [0.2, 0.25) is 5.02 Å². The van der Waals surface area contributed by atoms with E-state index in [1.54, 1.807) is 42.5 Å². The third-order valence-corrected chi connectivity index (χ3v) is 3.59. The quantitative estimate of drug-likeness (QED) is 0.723. The second kappa shape index (κ2) is 8.94. The van der Waals surface area contributed by atoms with Crippen molar-refractivity contribution >= 4 is 34.9 Å². The number of amides is 3. The summed E-state index contributed by atoms with van der Waals surface area (Å²) in [5, 5.41) is 8.65. The predicted octanol–water partition coefficient (Wildman–Crippen LogP) is 4.13. The summed E-state index contributed by atoms with van der Waals surface area (Å²) < 4.78 is 5.18. The highest BCUT2D eigenvalue weighted by molar-refractivity contribution is 6.31. The first-order valence-electron chi connectivity index (χ1n) is 7.83. The van der Waals surface area contributed by atoms with Gasteiger partial charge in [0.2, 0.25) is 0 Å². The fraction of sp³-hybridized carbons (Fsp3) is 0.222. The first kappa shape index (κ1) is 18.6. The summed E-state index contributed by atoms with van der Waals surface area (Å²) in [5.74, 6) is 0.365. The molecule has 0 saturated carbocycles. The first-order valence-corrected chi connectivity index (χ1v) is 8.21. The minimum Gasteiger partial charge on any atom is -0.495 e. The van der Waals surface area contributed by atoms with Gasteiger partial charge in [-0.15, -0.1) is 0 Å². The second-order valence-corrected chi connectivity index (χ2v) is 5.69. The molecule has 7 heteroatoms. The molecule has 3 N–H and O–H groups in total. The lowest BCUT2D eigenvalue weighted by atomic mass is 10.2. The van der Waals surface area contributed by atoms with Crippen LogP contribution in [0.4, 0.5) is 16.2 Å². The molecule has 2 rings (SSSR count). The largest absolute Gasteiger partial charge is 0.495 e. The Labute approximate surface area is 151 Å². The highest BCUT2D eigenvalue weighted by Gasteiger charge is 2.09. The van der Waals surface area contributed by atoms with Crippen molar-refractivity contribution in [2.45, 2.75) is 13.3 Å². The lowest BCUT2D eigenvalue weighted by Gasteiger charge is -2.12. The van der Waals surface area contributed by atoms with Gasteiger partial charge in [0.25, 0.3) is 5.91 Å². The van der Waals surface area contributed by atoms with Crippen molar-refractivity contribution in [1.82, 2.24) is 5.32 Å². The number of anilines is 2. The van der Waals surface area contributed by atoms with Crippen molar-refractivity contribution < 1.29 is 14.3 Å². The van der Waals surface area contributed by atoms with Gasteiger partial charge in [-0.3, -0.25) is 4.79 Å². The predicted molar refractivity (Wildman–Crippen MR) is 99.7 cm³/mol. The van der Waals surface area contributed by atoms with Gasteiger partial charge in [0.15, 0.2) is 0 Å². The minimum atomic E-state index is -0.441. The van der Waals surface area contributed by atoms with Gasteiger partial charge >= 0.3 is 6.03 Å². The number of halogens is 1. The molecular formula is C18H20ClN3O3. The molecule has 0 heterocycles. The summed E-state index contributed by atoms with van der Waals surface area (Å²) in [6, 6.07) is 11.1. The maximum Gasteiger partial charge on any atom is 0.323 e. The van der Waals surface area contributed by atoms with E-state index in [4.69, 9.17) is 16.3 Å². The molecule has 0 radical (unpaired) electrons. The van der Waals surface area contributed by atoms with Crippen LogP contribution in [-0.2, 0) is 0 Å². The van der Waals surface area contributed by atoms with Crippen molar-refractivity contribution in [3.63, 3.8) is 0 Å². The zero-order valence-corrected chi connectivity index (χ0v) is 14.8. The zero-order chi connectivity index (χ0) is 18.2. The van der Waals surface area contributed by atoms with Gasteiger partial charge in [0, 0.05) is 22.8 Å². The Hall–Kier alpha value is -2.73. The Bertz CT molecular complexity index is 748. The van der Waals surface area contributed by atoms with E-state index in [-0.39, 0.29) is 5.91 Å². The highest BCUT2D eigenvalue weighted by Crippen LogP contribution is 2.27. The number of nitrogens with one attached hydrogen (secondary N) is 3. The van der Waals surface area contributed by atoms with Crippen LogP contribution >= 0.6 is 11.6 Å². The van der Waals surface area contributed by atoms with E-state index in [1.165, 1.54) is 7.11 Å². The molecule has 25 heavy (non-hydrogen) atoms. The van der Waals surface area contributed by atoms with Crippen molar-refractivity contribution in [3.05, 3.63) is 53.1 Å². The maximum absolute atomic E-state index is 12.1. The molecule has 2 aromatic rings. The van der Waals surface area contributed by atoms with Crippen LogP contribution in [0.25, 0.3) is 0 Å². The summed E-state index contributed by atoms with van der Waals surface area (Å²) in [6.45, 7) is 2.61. The fourth-order valence-electron chi connectivity index (χ4n) is 2.11. The van der Waals surface area contributed by atoms with Crippen molar-refractivity contribution in [1.29, 1.82) is 0 Å². The standard InChI is InChI=1S/C18H20ClN3O3/c1-3-10-20-17(23)12-4-7-14(8-5-12)21-18(24)22-15-11-13(19)6-9-16(15)25-2/h4-9,11H,3,10H2,1-2H3,(H,20,23)(H2,21,22,24). The number of rotatable bonds is 6. The first-order chi connectivity index (χ1) is 12.0. The normalized spacial score (nSPS) is 10.0. The van der Waals surface area contributed by atoms with Crippen LogP contribution in [0.5, 0.6) is 5.75 Å². The zero-order valence-electron chi connectivity index (χ0n) is 14.1. The summed E-state index contributed by atoms with van der Waals surface area (Å²) in [5.41, 5.74) is 1.56. The Balaban J connectivity index is 1.99. The summed E-state index contributed by atoms with van der Waals surface area (Å²) in [4.78, 5) is 24.0. The molecule has 0 aliphatic heterocycles. The Morgan fingerprint density at radius 2 is 1.80 bits per heavy atom. The minimum absolute atomic E-state index is 0.137. The van der Waals surface area contributed by atoms with Crippen LogP contribution in [0.3, 0.4) is 0 Å². The molecule has 0 spiro atoms. The maximum atomic E-state index is 12.1. The van der Waals surface area contributed by atoms with Gasteiger partial charge in [-0.1, -0.05) is 18.5 Å². The molecule has 6 nitrogen and oxygen atoms in total. The summed E-state index contributed by atoms with van der Waals surface area (Å²) >= 11 is 5.94. The van der Waals surface area contributed by atoms with E-state index < -0.39 is 6.03 Å². The van der Waals surface area contributed by atoms with E-state index in [9.17, 15) is 9.59 Å². The van der Waals surface area contributed by atoms with Crippen LogP contribution in [-0.4, -0.2) is 25.6 Å². The van der Waals surface area contributed by atoms with Gasteiger partial charge in [-0.25, -0.2) is 4.79 Å². The molecule has 0 saturated heterocycles. The average Bonchev–Trinajstić information content (AvgIpc) is 2.60. The Morgan fingerprint density at radius 1 is 1.08 bits per heavy atom. The number of hydrogen-bond acceptors (Lipinski definition) is 3. The van der Waals surface area contributed by atoms with E-state index in [1.807, 2.05) is 6.92 Å². The number of ether oxygens (including phenoxy) is 1. The lowest BCUT2D eigenvalue weighted by molar-refractivity contribution is 0.0953. The smallest absolute Gasteiger partial charge is 0.323 e. The third kappa shape index (κ3) is 5.39. The average molecular weight is 362 g/mol. The highest BCUT2D eigenvalue weighted by atomic mass is 35.5. The number of methoxy groups -OCH3 is 1. The molecule has 2 aromatic carbocycles.